The fraction of sp³-hybridized carbons (Fsp3) is 0.286. The highest BCUT2D eigenvalue weighted by Crippen LogP contribution is 2.09. The zero-order chi connectivity index (χ0) is 13.0. The number of carbonyl (C=O) groups excluding carboxylic acids is 2. The summed E-state index contributed by atoms with van der Waals surface area (Å²) in [6.45, 7) is 2.77. The molecule has 1 aromatic carbocycles. The van der Waals surface area contributed by atoms with Gasteiger partial charge in [0.2, 0.25) is 0 Å². The van der Waals surface area contributed by atoms with Gasteiger partial charge in [0.1, 0.15) is 0 Å². The van der Waals surface area contributed by atoms with Crippen molar-refractivity contribution in [3.8, 4) is 0 Å². The van der Waals surface area contributed by atoms with Crippen molar-refractivity contribution in [3.63, 3.8) is 0 Å². The van der Waals surface area contributed by atoms with Gasteiger partial charge < -0.3 is 5.32 Å². The maximum atomic E-state index is 11.8. The lowest BCUT2D eigenvalue weighted by molar-refractivity contribution is -0.122. The molecular formula is C14H16N2O2. The van der Waals surface area contributed by atoms with Crippen molar-refractivity contribution < 1.29 is 9.59 Å². The summed E-state index contributed by atoms with van der Waals surface area (Å²) in [5, 5.41) is 2.76. The molecule has 1 aromatic rings. The van der Waals surface area contributed by atoms with Gasteiger partial charge in [-0.1, -0.05) is 30.3 Å². The smallest absolute Gasteiger partial charge is 0.324 e. The molecule has 0 saturated carbocycles. The van der Waals surface area contributed by atoms with Crippen LogP contribution in [0.2, 0.25) is 0 Å². The van der Waals surface area contributed by atoms with E-state index in [4.69, 9.17) is 0 Å². The van der Waals surface area contributed by atoms with Gasteiger partial charge in [0, 0.05) is 12.6 Å². The molecule has 0 aliphatic carbocycles. The predicted octanol–water partition coefficient (Wildman–Crippen LogP) is 1.73. The molecule has 0 unspecified atom stereocenters. The van der Waals surface area contributed by atoms with E-state index in [0.29, 0.717) is 13.1 Å². The summed E-state index contributed by atoms with van der Waals surface area (Å²) in [4.78, 5) is 24.4. The Morgan fingerprint density at radius 3 is 2.67 bits per heavy atom. The first-order chi connectivity index (χ1) is 8.66. The van der Waals surface area contributed by atoms with E-state index in [-0.39, 0.29) is 11.9 Å². The second-order valence-electron chi connectivity index (χ2n) is 4.38. The zero-order valence-corrected chi connectivity index (χ0v) is 10.3. The van der Waals surface area contributed by atoms with Crippen LogP contribution < -0.4 is 5.32 Å². The minimum Gasteiger partial charge on any atom is -0.337 e. The highest BCUT2D eigenvalue weighted by molar-refractivity contribution is 6.03. The van der Waals surface area contributed by atoms with E-state index >= 15 is 0 Å². The molecule has 0 spiro atoms. The lowest BCUT2D eigenvalue weighted by Gasteiger charge is -2.15. The molecule has 1 heterocycles. The second-order valence-corrected chi connectivity index (χ2v) is 4.38. The maximum Gasteiger partial charge on any atom is 0.324 e. The summed E-state index contributed by atoms with van der Waals surface area (Å²) in [5.41, 5.74) is 2.08. The van der Waals surface area contributed by atoms with Crippen molar-refractivity contribution in [1.82, 2.24) is 10.2 Å². The van der Waals surface area contributed by atoms with Crippen molar-refractivity contribution in [2.75, 3.05) is 13.1 Å². The van der Waals surface area contributed by atoms with E-state index in [1.165, 1.54) is 16.5 Å². The van der Waals surface area contributed by atoms with Crippen LogP contribution in [-0.2, 0) is 11.2 Å². The molecule has 0 saturated heterocycles. The van der Waals surface area contributed by atoms with Crippen molar-refractivity contribution in [3.05, 3.63) is 47.5 Å². The average molecular weight is 244 g/mol. The summed E-state index contributed by atoms with van der Waals surface area (Å²) in [6.07, 6.45) is 2.26. The lowest BCUT2D eigenvalue weighted by atomic mass is 10.1. The Morgan fingerprint density at radius 2 is 2.06 bits per heavy atom. The first kappa shape index (κ1) is 12.4. The van der Waals surface area contributed by atoms with Crippen LogP contribution in [0, 0.1) is 0 Å². The largest absolute Gasteiger partial charge is 0.337 e. The summed E-state index contributed by atoms with van der Waals surface area (Å²) in [7, 11) is 0. The summed E-state index contributed by atoms with van der Waals surface area (Å²) < 4.78 is 0. The number of benzene rings is 1. The Hall–Kier alpha value is -2.10. The molecule has 4 heteroatoms. The topological polar surface area (TPSA) is 49.4 Å². The summed E-state index contributed by atoms with van der Waals surface area (Å²) >= 11 is 0. The first-order valence-electron chi connectivity index (χ1n) is 5.97. The number of imide groups is 1. The van der Waals surface area contributed by atoms with Crippen LogP contribution in [0.25, 0.3) is 0 Å². The number of urea groups is 1. The molecule has 0 bridgehead atoms. The van der Waals surface area contributed by atoms with Gasteiger partial charge in [-0.25, -0.2) is 4.79 Å². The third kappa shape index (κ3) is 2.97. The van der Waals surface area contributed by atoms with Gasteiger partial charge in [0.25, 0.3) is 5.91 Å². The van der Waals surface area contributed by atoms with Crippen molar-refractivity contribution >= 4 is 11.9 Å². The molecule has 4 nitrogen and oxygen atoms in total. The van der Waals surface area contributed by atoms with E-state index < -0.39 is 0 Å². The van der Waals surface area contributed by atoms with Crippen molar-refractivity contribution in [1.29, 1.82) is 0 Å². The highest BCUT2D eigenvalue weighted by atomic mass is 16.2. The molecule has 2 rings (SSSR count). The lowest BCUT2D eigenvalue weighted by Crippen LogP contribution is -2.41. The Labute approximate surface area is 106 Å². The molecule has 0 radical (unpaired) electrons. The Kier molecular flexibility index (Phi) is 3.77. The van der Waals surface area contributed by atoms with Crippen molar-refractivity contribution in [2.45, 2.75) is 13.3 Å². The zero-order valence-electron chi connectivity index (χ0n) is 10.3. The fourth-order valence-corrected chi connectivity index (χ4v) is 1.89. The van der Waals surface area contributed by atoms with Gasteiger partial charge in [-0.15, -0.1) is 0 Å². The summed E-state index contributed by atoms with van der Waals surface area (Å²) in [5.74, 6) is -0.232. The quantitative estimate of drug-likeness (QED) is 0.880. The molecule has 18 heavy (non-hydrogen) atoms. The Morgan fingerprint density at radius 1 is 1.33 bits per heavy atom. The van der Waals surface area contributed by atoms with Crippen molar-refractivity contribution in [2.24, 2.45) is 0 Å². The molecule has 1 N–H and O–H groups in total. The molecule has 94 valence electrons. The monoisotopic (exact) mass is 244 g/mol. The molecular weight excluding hydrogens is 228 g/mol. The van der Waals surface area contributed by atoms with Gasteiger partial charge in [-0.3, -0.25) is 9.69 Å². The van der Waals surface area contributed by atoms with Gasteiger partial charge >= 0.3 is 6.03 Å². The van der Waals surface area contributed by atoms with Crippen LogP contribution in [0.4, 0.5) is 4.79 Å². The SMILES string of the molecule is CC1=CC(=O)N(C(=O)NCCc2ccccc2)C1. The average Bonchev–Trinajstić information content (AvgIpc) is 2.70. The Balaban J connectivity index is 1.78. The third-order valence-electron chi connectivity index (χ3n) is 2.82. The number of hydrogen-bond donors (Lipinski definition) is 1. The van der Waals surface area contributed by atoms with Crippen LogP contribution in [0.15, 0.2) is 42.0 Å². The van der Waals surface area contributed by atoms with E-state index in [2.05, 4.69) is 5.32 Å². The molecule has 0 atom stereocenters. The standard InChI is InChI=1S/C14H16N2O2/c1-11-9-13(17)16(10-11)14(18)15-8-7-12-5-3-2-4-6-12/h2-6,9H,7-8,10H2,1H3,(H,15,18). The predicted molar refractivity (Wildman–Crippen MR) is 69.0 cm³/mol. The van der Waals surface area contributed by atoms with Gasteiger partial charge in [-0.05, 0) is 24.5 Å². The molecule has 0 fully saturated rings. The molecule has 0 aromatic heterocycles. The normalized spacial score (nSPS) is 14.6. The number of carbonyl (C=O) groups is 2. The van der Waals surface area contributed by atoms with Crippen LogP contribution in [0.3, 0.4) is 0 Å². The maximum absolute atomic E-state index is 11.8. The number of hydrogen-bond acceptors (Lipinski definition) is 2. The third-order valence-corrected chi connectivity index (χ3v) is 2.82. The van der Waals surface area contributed by atoms with Crippen LogP contribution >= 0.6 is 0 Å². The van der Waals surface area contributed by atoms with E-state index in [0.717, 1.165) is 12.0 Å². The number of amides is 3. The Bertz CT molecular complexity index is 480. The second kappa shape index (κ2) is 5.49. The minimum absolute atomic E-state index is 0.232. The van der Waals surface area contributed by atoms with Crippen LogP contribution in [-0.4, -0.2) is 29.9 Å². The van der Waals surface area contributed by atoms with Crippen LogP contribution in [0.1, 0.15) is 12.5 Å². The summed E-state index contributed by atoms with van der Waals surface area (Å²) in [6, 6.07) is 9.60. The number of nitrogens with zero attached hydrogens (tertiary/aromatic N) is 1. The van der Waals surface area contributed by atoms with Crippen LogP contribution in [0.5, 0.6) is 0 Å². The molecule has 1 aliphatic heterocycles. The number of rotatable bonds is 3. The minimum atomic E-state index is -0.316. The number of nitrogens with one attached hydrogen (secondary N) is 1. The van der Waals surface area contributed by atoms with E-state index in [9.17, 15) is 9.59 Å². The van der Waals surface area contributed by atoms with Gasteiger partial charge in [0.15, 0.2) is 0 Å². The molecule has 1 aliphatic rings. The fourth-order valence-electron chi connectivity index (χ4n) is 1.89. The van der Waals surface area contributed by atoms with Gasteiger partial charge in [0.05, 0.1) is 6.54 Å². The van der Waals surface area contributed by atoms with E-state index in [1.807, 2.05) is 37.3 Å². The highest BCUT2D eigenvalue weighted by Gasteiger charge is 2.24. The molecule has 3 amide bonds. The van der Waals surface area contributed by atoms with Gasteiger partial charge in [-0.2, -0.15) is 0 Å². The van der Waals surface area contributed by atoms with E-state index in [1.54, 1.807) is 0 Å². The first-order valence-corrected chi connectivity index (χ1v) is 5.97.